The van der Waals surface area contributed by atoms with Crippen LogP contribution in [0.25, 0.3) is 0 Å². The fraction of sp³-hybridized carbons (Fsp3) is 1.00. The van der Waals surface area contributed by atoms with Crippen molar-refractivity contribution >= 4 is 0 Å². The van der Waals surface area contributed by atoms with Gasteiger partial charge in [-0.2, -0.15) is 0 Å². The van der Waals surface area contributed by atoms with Crippen LogP contribution in [0, 0.1) is 5.41 Å². The quantitative estimate of drug-likeness (QED) is 0.766. The van der Waals surface area contributed by atoms with E-state index in [0.29, 0.717) is 0 Å². The smallest absolute Gasteiger partial charge is 0.0169 e. The molecular weight excluding hydrogens is 198 g/mol. The largest absolute Gasteiger partial charge is 0.327 e. The van der Waals surface area contributed by atoms with Crippen molar-refractivity contribution in [2.75, 3.05) is 26.2 Å². The maximum Gasteiger partial charge on any atom is 0.0169 e. The molecule has 16 heavy (non-hydrogen) atoms. The van der Waals surface area contributed by atoms with Gasteiger partial charge in [0.15, 0.2) is 0 Å². The minimum atomic E-state index is 0.200. The Labute approximate surface area is 101 Å². The maximum absolute atomic E-state index is 6.30. The van der Waals surface area contributed by atoms with E-state index in [9.17, 15) is 0 Å². The van der Waals surface area contributed by atoms with Crippen molar-refractivity contribution in [1.82, 2.24) is 10.2 Å². The molecule has 1 saturated heterocycles. The summed E-state index contributed by atoms with van der Waals surface area (Å²) in [6.07, 6.45) is 1.07. The van der Waals surface area contributed by atoms with E-state index in [2.05, 4.69) is 44.8 Å². The Morgan fingerprint density at radius 1 is 1.12 bits per heavy atom. The van der Waals surface area contributed by atoms with Crippen LogP contribution < -0.4 is 11.1 Å². The third kappa shape index (κ3) is 3.72. The molecule has 1 heterocycles. The van der Waals surface area contributed by atoms with Crippen LogP contribution in [0.4, 0.5) is 0 Å². The molecule has 0 aromatic rings. The van der Waals surface area contributed by atoms with Crippen molar-refractivity contribution in [2.24, 2.45) is 11.1 Å². The van der Waals surface area contributed by atoms with E-state index in [4.69, 9.17) is 5.73 Å². The van der Waals surface area contributed by atoms with E-state index in [1.165, 1.54) is 0 Å². The van der Waals surface area contributed by atoms with E-state index in [1.54, 1.807) is 0 Å². The van der Waals surface area contributed by atoms with E-state index in [-0.39, 0.29) is 17.0 Å². The molecule has 0 aromatic heterocycles. The highest BCUT2D eigenvalue weighted by atomic mass is 15.2. The van der Waals surface area contributed by atoms with Crippen molar-refractivity contribution < 1.29 is 0 Å². The SMILES string of the molecule is CC(C)(C)C(N)CC(C)(C)N1CCNCC1. The minimum absolute atomic E-state index is 0.200. The van der Waals surface area contributed by atoms with Gasteiger partial charge in [-0.3, -0.25) is 4.90 Å². The molecule has 0 spiro atoms. The van der Waals surface area contributed by atoms with Crippen LogP contribution in [0.1, 0.15) is 41.0 Å². The Balaban J connectivity index is 2.55. The predicted octanol–water partition coefficient (Wildman–Crippen LogP) is 1.43. The second-order valence-corrected chi connectivity index (χ2v) is 6.73. The zero-order valence-electron chi connectivity index (χ0n) is 11.6. The first-order valence-corrected chi connectivity index (χ1v) is 6.45. The lowest BCUT2D eigenvalue weighted by atomic mass is 9.79. The molecule has 0 amide bonds. The summed E-state index contributed by atoms with van der Waals surface area (Å²) >= 11 is 0. The highest BCUT2D eigenvalue weighted by Crippen LogP contribution is 2.28. The Morgan fingerprint density at radius 3 is 2.06 bits per heavy atom. The fourth-order valence-electron chi connectivity index (χ4n) is 2.24. The normalized spacial score (nSPS) is 22.1. The second-order valence-electron chi connectivity index (χ2n) is 6.73. The maximum atomic E-state index is 6.30. The van der Waals surface area contributed by atoms with Crippen molar-refractivity contribution in [2.45, 2.75) is 52.6 Å². The summed E-state index contributed by atoms with van der Waals surface area (Å²) in [4.78, 5) is 2.56. The summed E-state index contributed by atoms with van der Waals surface area (Å²) in [5, 5.41) is 3.40. The number of rotatable bonds is 3. The minimum Gasteiger partial charge on any atom is -0.327 e. The molecule has 96 valence electrons. The molecule has 0 radical (unpaired) electrons. The lowest BCUT2D eigenvalue weighted by Crippen LogP contribution is -2.56. The van der Waals surface area contributed by atoms with Gasteiger partial charge in [0, 0.05) is 37.8 Å². The van der Waals surface area contributed by atoms with Crippen molar-refractivity contribution in [3.8, 4) is 0 Å². The molecule has 1 rings (SSSR count). The summed E-state index contributed by atoms with van der Waals surface area (Å²) in [5.41, 5.74) is 6.72. The van der Waals surface area contributed by atoms with Gasteiger partial charge in [0.2, 0.25) is 0 Å². The third-order valence-corrected chi connectivity index (χ3v) is 3.80. The number of nitrogens with two attached hydrogens (primary N) is 1. The van der Waals surface area contributed by atoms with Crippen LogP contribution in [0.2, 0.25) is 0 Å². The molecule has 0 bridgehead atoms. The molecule has 3 N–H and O–H groups in total. The Morgan fingerprint density at radius 2 is 1.62 bits per heavy atom. The van der Waals surface area contributed by atoms with Crippen molar-refractivity contribution in [3.05, 3.63) is 0 Å². The molecule has 1 aliphatic rings. The summed E-state index contributed by atoms with van der Waals surface area (Å²) in [6.45, 7) is 15.8. The van der Waals surface area contributed by atoms with Crippen LogP contribution in [0.3, 0.4) is 0 Å². The first kappa shape index (κ1) is 13.9. The number of hydrogen-bond donors (Lipinski definition) is 2. The molecule has 1 fully saturated rings. The number of piperazine rings is 1. The molecule has 0 aliphatic carbocycles. The molecule has 1 aliphatic heterocycles. The van der Waals surface area contributed by atoms with Crippen molar-refractivity contribution in [1.29, 1.82) is 0 Å². The lowest BCUT2D eigenvalue weighted by molar-refractivity contribution is 0.0759. The summed E-state index contributed by atoms with van der Waals surface area (Å²) in [7, 11) is 0. The molecule has 3 nitrogen and oxygen atoms in total. The number of hydrogen-bond acceptors (Lipinski definition) is 3. The van der Waals surface area contributed by atoms with Gasteiger partial charge in [-0.1, -0.05) is 20.8 Å². The summed E-state index contributed by atoms with van der Waals surface area (Å²) < 4.78 is 0. The molecule has 0 aromatic carbocycles. The zero-order chi connectivity index (χ0) is 12.4. The monoisotopic (exact) mass is 227 g/mol. The highest BCUT2D eigenvalue weighted by molar-refractivity contribution is 4.91. The second kappa shape index (κ2) is 5.03. The highest BCUT2D eigenvalue weighted by Gasteiger charge is 2.33. The van der Waals surface area contributed by atoms with Crippen LogP contribution in [-0.4, -0.2) is 42.7 Å². The molecular formula is C13H29N3. The molecule has 0 saturated carbocycles. The first-order valence-electron chi connectivity index (χ1n) is 6.45. The lowest BCUT2D eigenvalue weighted by Gasteiger charge is -2.44. The number of nitrogens with one attached hydrogen (secondary N) is 1. The van der Waals surface area contributed by atoms with Gasteiger partial charge in [0.05, 0.1) is 0 Å². The molecule has 3 heteroatoms. The summed E-state index contributed by atoms with van der Waals surface area (Å²) in [5.74, 6) is 0. The van der Waals surface area contributed by atoms with Gasteiger partial charge in [0.1, 0.15) is 0 Å². The van der Waals surface area contributed by atoms with Gasteiger partial charge in [-0.15, -0.1) is 0 Å². The topological polar surface area (TPSA) is 41.3 Å². The van der Waals surface area contributed by atoms with E-state index in [0.717, 1.165) is 32.6 Å². The van der Waals surface area contributed by atoms with Gasteiger partial charge in [0.25, 0.3) is 0 Å². The van der Waals surface area contributed by atoms with Gasteiger partial charge in [-0.05, 0) is 25.7 Å². The van der Waals surface area contributed by atoms with E-state index >= 15 is 0 Å². The van der Waals surface area contributed by atoms with Crippen LogP contribution >= 0.6 is 0 Å². The average Bonchev–Trinajstić information content (AvgIpc) is 2.17. The van der Waals surface area contributed by atoms with Crippen LogP contribution in [0.15, 0.2) is 0 Å². The van der Waals surface area contributed by atoms with Crippen LogP contribution in [-0.2, 0) is 0 Å². The van der Waals surface area contributed by atoms with E-state index in [1.807, 2.05) is 0 Å². The Kier molecular flexibility index (Phi) is 4.38. The number of nitrogens with zero attached hydrogens (tertiary/aromatic N) is 1. The van der Waals surface area contributed by atoms with Crippen molar-refractivity contribution in [3.63, 3.8) is 0 Å². The zero-order valence-corrected chi connectivity index (χ0v) is 11.6. The third-order valence-electron chi connectivity index (χ3n) is 3.80. The Hall–Kier alpha value is -0.120. The standard InChI is InChI=1S/C13H29N3/c1-12(2,3)11(14)10-13(4,5)16-8-6-15-7-9-16/h11,15H,6-10,14H2,1-5H3. The summed E-state index contributed by atoms with van der Waals surface area (Å²) in [6, 6.07) is 0.261. The predicted molar refractivity (Wildman–Crippen MR) is 70.6 cm³/mol. The van der Waals surface area contributed by atoms with Gasteiger partial charge in [-0.25, -0.2) is 0 Å². The average molecular weight is 227 g/mol. The van der Waals surface area contributed by atoms with Gasteiger partial charge >= 0.3 is 0 Å². The van der Waals surface area contributed by atoms with E-state index < -0.39 is 0 Å². The molecule has 1 unspecified atom stereocenters. The van der Waals surface area contributed by atoms with Gasteiger partial charge < -0.3 is 11.1 Å². The fourth-order valence-corrected chi connectivity index (χ4v) is 2.24. The van der Waals surface area contributed by atoms with Crippen LogP contribution in [0.5, 0.6) is 0 Å². The Bertz CT molecular complexity index is 212. The molecule has 1 atom stereocenters. The first-order chi connectivity index (χ1) is 7.23.